The number of nitrogens with zero attached hydrogens (tertiary/aromatic N) is 1. The summed E-state index contributed by atoms with van der Waals surface area (Å²) in [5.41, 5.74) is -0.583. The summed E-state index contributed by atoms with van der Waals surface area (Å²) in [4.78, 5) is 13.7. The first kappa shape index (κ1) is 13.1. The van der Waals surface area contributed by atoms with E-state index in [-0.39, 0.29) is 5.03 Å². The van der Waals surface area contributed by atoms with Crippen molar-refractivity contribution in [3.05, 3.63) is 12.0 Å². The Bertz CT molecular complexity index is 445. The second-order valence-corrected chi connectivity index (χ2v) is 5.96. The molecule has 1 aromatic heterocycles. The predicted octanol–water partition coefficient (Wildman–Crippen LogP) is 0.980. The topological polar surface area (TPSA) is 84.1 Å². The molecule has 92 valence electrons. The Morgan fingerprint density at radius 3 is 2.56 bits per heavy atom. The van der Waals surface area contributed by atoms with Crippen LogP contribution >= 0.6 is 0 Å². The molecule has 0 amide bonds. The first-order valence-electron chi connectivity index (χ1n) is 4.98. The summed E-state index contributed by atoms with van der Waals surface area (Å²) in [7, 11) is -3.67. The van der Waals surface area contributed by atoms with Gasteiger partial charge in [0.05, 0.1) is 11.8 Å². The molecule has 0 aliphatic rings. The highest BCUT2D eigenvalue weighted by Gasteiger charge is 2.20. The van der Waals surface area contributed by atoms with Gasteiger partial charge in [0.15, 0.2) is 5.03 Å². The first-order chi connectivity index (χ1) is 7.24. The Labute approximate surface area is 95.4 Å². The van der Waals surface area contributed by atoms with Gasteiger partial charge in [-0.15, -0.1) is 0 Å². The van der Waals surface area contributed by atoms with Gasteiger partial charge in [-0.2, -0.15) is 0 Å². The molecule has 1 aromatic rings. The van der Waals surface area contributed by atoms with Gasteiger partial charge in [-0.25, -0.2) is 13.4 Å². The summed E-state index contributed by atoms with van der Waals surface area (Å²) in [5.74, 6) is 0.621. The fraction of sp³-hybridized carbons (Fsp3) is 0.667. The molecule has 0 saturated carbocycles. The molecule has 1 heterocycles. The average Bonchev–Trinajstić information content (AvgIpc) is 2.62. The maximum atomic E-state index is 11.7. The molecule has 0 unspecified atom stereocenters. The van der Waals surface area contributed by atoms with Gasteiger partial charge >= 0.3 is 0 Å². The monoisotopic (exact) mass is 247 g/mol. The molecule has 0 spiro atoms. The SMILES string of the molecule is CCc1ncc(S(=O)(=O)NOC(C)(C)C)[nH]1. The van der Waals surface area contributed by atoms with Crippen molar-refractivity contribution in [2.75, 3.05) is 0 Å². The maximum absolute atomic E-state index is 11.7. The number of nitrogens with one attached hydrogen (secondary N) is 2. The predicted molar refractivity (Wildman–Crippen MR) is 59.1 cm³/mol. The number of rotatable bonds is 4. The van der Waals surface area contributed by atoms with Gasteiger partial charge in [0.25, 0.3) is 10.0 Å². The highest BCUT2D eigenvalue weighted by molar-refractivity contribution is 7.89. The molecule has 0 fully saturated rings. The van der Waals surface area contributed by atoms with Crippen LogP contribution < -0.4 is 4.89 Å². The largest absolute Gasteiger partial charge is 0.332 e. The van der Waals surface area contributed by atoms with E-state index in [1.165, 1.54) is 6.20 Å². The molecule has 0 aliphatic heterocycles. The second kappa shape index (κ2) is 4.52. The van der Waals surface area contributed by atoms with Crippen LogP contribution in [0.3, 0.4) is 0 Å². The van der Waals surface area contributed by atoms with Gasteiger partial charge in [0, 0.05) is 6.42 Å². The van der Waals surface area contributed by atoms with Crippen LogP contribution in [0.15, 0.2) is 11.2 Å². The Morgan fingerprint density at radius 1 is 1.50 bits per heavy atom. The van der Waals surface area contributed by atoms with Gasteiger partial charge in [-0.1, -0.05) is 11.8 Å². The normalized spacial score (nSPS) is 13.0. The Balaban J connectivity index is 2.78. The van der Waals surface area contributed by atoms with Crippen molar-refractivity contribution in [2.24, 2.45) is 0 Å². The van der Waals surface area contributed by atoms with E-state index in [4.69, 9.17) is 4.84 Å². The highest BCUT2D eigenvalue weighted by Crippen LogP contribution is 2.09. The van der Waals surface area contributed by atoms with Crippen molar-refractivity contribution in [1.82, 2.24) is 14.9 Å². The lowest BCUT2D eigenvalue weighted by Crippen LogP contribution is -2.33. The number of aromatic nitrogens is 2. The van der Waals surface area contributed by atoms with E-state index in [1.54, 1.807) is 20.8 Å². The molecule has 0 atom stereocenters. The lowest BCUT2D eigenvalue weighted by Gasteiger charge is -2.18. The molecular formula is C9H17N3O3S. The van der Waals surface area contributed by atoms with Crippen molar-refractivity contribution in [1.29, 1.82) is 0 Å². The minimum atomic E-state index is -3.67. The van der Waals surface area contributed by atoms with E-state index in [0.717, 1.165) is 0 Å². The minimum absolute atomic E-state index is 0.00796. The Morgan fingerprint density at radius 2 is 2.12 bits per heavy atom. The van der Waals surface area contributed by atoms with E-state index in [2.05, 4.69) is 14.9 Å². The van der Waals surface area contributed by atoms with E-state index < -0.39 is 15.6 Å². The van der Waals surface area contributed by atoms with E-state index in [9.17, 15) is 8.42 Å². The van der Waals surface area contributed by atoms with Gasteiger partial charge in [-0.3, -0.25) is 4.84 Å². The molecule has 0 radical (unpaired) electrons. The quantitative estimate of drug-likeness (QED) is 0.777. The number of H-pyrrole nitrogens is 1. The van der Waals surface area contributed by atoms with Crippen LogP contribution in [0.5, 0.6) is 0 Å². The Hall–Kier alpha value is -0.920. The standard InChI is InChI=1S/C9H17N3O3S/c1-5-7-10-6-8(11-7)16(13,14)12-15-9(2,3)4/h6,12H,5H2,1-4H3,(H,10,11). The van der Waals surface area contributed by atoms with Crippen LogP contribution in [0.1, 0.15) is 33.5 Å². The third kappa shape index (κ3) is 3.58. The Kier molecular flexibility index (Phi) is 3.72. The lowest BCUT2D eigenvalue weighted by molar-refractivity contribution is -0.0358. The van der Waals surface area contributed by atoms with E-state index in [0.29, 0.717) is 12.2 Å². The van der Waals surface area contributed by atoms with Crippen molar-refractivity contribution < 1.29 is 13.3 Å². The van der Waals surface area contributed by atoms with Crippen LogP contribution in [-0.4, -0.2) is 24.0 Å². The summed E-state index contributed by atoms with van der Waals surface area (Å²) >= 11 is 0. The molecular weight excluding hydrogens is 230 g/mol. The molecule has 16 heavy (non-hydrogen) atoms. The summed E-state index contributed by atoms with van der Waals surface area (Å²) in [6, 6.07) is 0. The number of aryl methyl sites for hydroxylation is 1. The zero-order valence-electron chi connectivity index (χ0n) is 9.86. The summed E-state index contributed by atoms with van der Waals surface area (Å²) < 4.78 is 23.4. The molecule has 7 heteroatoms. The van der Waals surface area contributed by atoms with Crippen LogP contribution in [0, 0.1) is 0 Å². The molecule has 1 rings (SSSR count). The average molecular weight is 247 g/mol. The van der Waals surface area contributed by atoms with Gasteiger partial charge in [0.1, 0.15) is 5.82 Å². The minimum Gasteiger partial charge on any atom is -0.332 e. The lowest BCUT2D eigenvalue weighted by atomic mass is 10.2. The van der Waals surface area contributed by atoms with E-state index >= 15 is 0 Å². The highest BCUT2D eigenvalue weighted by atomic mass is 32.2. The number of sulfonamides is 1. The number of imidazole rings is 1. The van der Waals surface area contributed by atoms with Gasteiger partial charge in [-0.05, 0) is 20.8 Å². The summed E-state index contributed by atoms with van der Waals surface area (Å²) in [6.45, 7) is 7.13. The summed E-state index contributed by atoms with van der Waals surface area (Å²) in [5, 5.41) is 0.00796. The van der Waals surface area contributed by atoms with Crippen LogP contribution in [-0.2, 0) is 21.3 Å². The van der Waals surface area contributed by atoms with Crippen molar-refractivity contribution in [3.63, 3.8) is 0 Å². The van der Waals surface area contributed by atoms with Gasteiger partial charge < -0.3 is 4.98 Å². The maximum Gasteiger partial charge on any atom is 0.279 e. The number of aromatic amines is 1. The van der Waals surface area contributed by atoms with Crippen molar-refractivity contribution in [3.8, 4) is 0 Å². The zero-order valence-corrected chi connectivity index (χ0v) is 10.7. The van der Waals surface area contributed by atoms with Crippen LogP contribution in [0.2, 0.25) is 0 Å². The first-order valence-corrected chi connectivity index (χ1v) is 6.46. The van der Waals surface area contributed by atoms with Crippen molar-refractivity contribution >= 4 is 10.0 Å². The number of hydrogen-bond acceptors (Lipinski definition) is 4. The fourth-order valence-corrected chi connectivity index (χ4v) is 1.78. The molecule has 0 aromatic carbocycles. The smallest absolute Gasteiger partial charge is 0.279 e. The van der Waals surface area contributed by atoms with E-state index in [1.807, 2.05) is 6.92 Å². The van der Waals surface area contributed by atoms with Gasteiger partial charge in [0.2, 0.25) is 0 Å². The van der Waals surface area contributed by atoms with Crippen molar-refractivity contribution in [2.45, 2.75) is 44.7 Å². The van der Waals surface area contributed by atoms with Crippen LogP contribution in [0.4, 0.5) is 0 Å². The fourth-order valence-electron chi connectivity index (χ4n) is 0.884. The zero-order chi connectivity index (χ0) is 12.4. The molecule has 0 bridgehead atoms. The second-order valence-electron chi connectivity index (χ2n) is 4.35. The molecule has 6 nitrogen and oxygen atoms in total. The van der Waals surface area contributed by atoms with Crippen LogP contribution in [0.25, 0.3) is 0 Å². The summed E-state index contributed by atoms with van der Waals surface area (Å²) in [6.07, 6.45) is 1.92. The molecule has 2 N–H and O–H groups in total. The molecule has 0 saturated heterocycles. The third-order valence-corrected chi connectivity index (χ3v) is 2.78. The number of hydrogen-bond donors (Lipinski definition) is 2. The third-order valence-electron chi connectivity index (χ3n) is 1.69. The molecule has 0 aliphatic carbocycles.